The van der Waals surface area contributed by atoms with Crippen molar-refractivity contribution in [2.24, 2.45) is 11.0 Å². The van der Waals surface area contributed by atoms with Crippen LogP contribution in [0.4, 0.5) is 5.69 Å². The zero-order valence-corrected chi connectivity index (χ0v) is 15.6. The number of nitrogens with zero attached hydrogens (tertiary/aromatic N) is 3. The monoisotopic (exact) mass is 364 g/mol. The first-order chi connectivity index (χ1) is 13.0. The summed E-state index contributed by atoms with van der Waals surface area (Å²) < 4.78 is 0. The molecule has 0 saturated carbocycles. The summed E-state index contributed by atoms with van der Waals surface area (Å²) in [4.78, 5) is 28.2. The van der Waals surface area contributed by atoms with Crippen molar-refractivity contribution in [3.63, 3.8) is 0 Å². The Balaban J connectivity index is 1.51. The van der Waals surface area contributed by atoms with Gasteiger partial charge >= 0.3 is 0 Å². The average Bonchev–Trinajstić information content (AvgIpc) is 3.03. The minimum Gasteiger partial charge on any atom is -0.378 e. The number of nitrogens with one attached hydrogen (secondary N) is 1. The SMILES string of the molecule is CN(C)c1ccc(/C=N/NC(=O)C2CC(=O)N(Cc3ccccc3)C2)cc1. The van der Waals surface area contributed by atoms with Crippen LogP contribution in [0.5, 0.6) is 0 Å². The molecule has 0 aliphatic carbocycles. The van der Waals surface area contributed by atoms with E-state index in [-0.39, 0.29) is 24.2 Å². The minimum absolute atomic E-state index is 0.00209. The molecule has 1 heterocycles. The Morgan fingerprint density at radius 3 is 2.56 bits per heavy atom. The van der Waals surface area contributed by atoms with Crippen LogP contribution < -0.4 is 10.3 Å². The van der Waals surface area contributed by atoms with Crippen LogP contribution >= 0.6 is 0 Å². The molecular formula is C21H24N4O2. The van der Waals surface area contributed by atoms with Crippen molar-refractivity contribution in [1.82, 2.24) is 10.3 Å². The fourth-order valence-corrected chi connectivity index (χ4v) is 3.02. The fourth-order valence-electron chi connectivity index (χ4n) is 3.02. The van der Waals surface area contributed by atoms with Gasteiger partial charge in [0, 0.05) is 39.3 Å². The van der Waals surface area contributed by atoms with Gasteiger partial charge in [0.2, 0.25) is 11.8 Å². The van der Waals surface area contributed by atoms with Gasteiger partial charge in [-0.2, -0.15) is 5.10 Å². The maximum absolute atomic E-state index is 12.3. The van der Waals surface area contributed by atoms with E-state index in [2.05, 4.69) is 10.5 Å². The molecule has 1 atom stereocenters. The Morgan fingerprint density at radius 1 is 1.19 bits per heavy atom. The van der Waals surface area contributed by atoms with E-state index < -0.39 is 0 Å². The quantitative estimate of drug-likeness (QED) is 0.632. The number of carbonyl (C=O) groups excluding carboxylic acids is 2. The number of hydrogen-bond donors (Lipinski definition) is 1. The molecule has 1 N–H and O–H groups in total. The number of anilines is 1. The highest BCUT2D eigenvalue weighted by molar-refractivity contribution is 5.90. The second-order valence-corrected chi connectivity index (χ2v) is 6.88. The van der Waals surface area contributed by atoms with Crippen molar-refractivity contribution in [1.29, 1.82) is 0 Å². The number of likely N-dealkylation sites (tertiary alicyclic amines) is 1. The summed E-state index contributed by atoms with van der Waals surface area (Å²) in [6.07, 6.45) is 1.83. The van der Waals surface area contributed by atoms with E-state index in [1.165, 1.54) is 0 Å². The number of rotatable bonds is 6. The van der Waals surface area contributed by atoms with Crippen LogP contribution in [0, 0.1) is 5.92 Å². The predicted molar refractivity (Wildman–Crippen MR) is 106 cm³/mol. The molecule has 0 aromatic heterocycles. The molecule has 1 aliphatic heterocycles. The predicted octanol–water partition coefficient (Wildman–Crippen LogP) is 2.25. The Hall–Kier alpha value is -3.15. The van der Waals surface area contributed by atoms with E-state index in [9.17, 15) is 9.59 Å². The molecule has 0 spiro atoms. The Bertz CT molecular complexity index is 816. The topological polar surface area (TPSA) is 65.0 Å². The summed E-state index contributed by atoms with van der Waals surface area (Å²) >= 11 is 0. The molecule has 1 aliphatic rings. The van der Waals surface area contributed by atoms with Gasteiger partial charge in [-0.3, -0.25) is 9.59 Å². The van der Waals surface area contributed by atoms with Gasteiger partial charge in [-0.25, -0.2) is 5.43 Å². The van der Waals surface area contributed by atoms with Gasteiger partial charge < -0.3 is 9.80 Å². The largest absolute Gasteiger partial charge is 0.378 e. The first-order valence-corrected chi connectivity index (χ1v) is 8.95. The second kappa shape index (κ2) is 8.49. The van der Waals surface area contributed by atoms with Crippen LogP contribution in [0.3, 0.4) is 0 Å². The second-order valence-electron chi connectivity index (χ2n) is 6.88. The van der Waals surface area contributed by atoms with E-state index in [1.807, 2.05) is 73.6 Å². The smallest absolute Gasteiger partial charge is 0.245 e. The molecule has 2 amide bonds. The highest BCUT2D eigenvalue weighted by Gasteiger charge is 2.34. The first-order valence-electron chi connectivity index (χ1n) is 8.95. The molecule has 1 saturated heterocycles. The Morgan fingerprint density at radius 2 is 1.89 bits per heavy atom. The van der Waals surface area contributed by atoms with Crippen LogP contribution in [0.2, 0.25) is 0 Å². The minimum atomic E-state index is -0.366. The molecule has 2 aromatic carbocycles. The molecule has 140 valence electrons. The van der Waals surface area contributed by atoms with Gasteiger partial charge in [-0.15, -0.1) is 0 Å². The highest BCUT2D eigenvalue weighted by Crippen LogP contribution is 2.20. The lowest BCUT2D eigenvalue weighted by Crippen LogP contribution is -2.30. The molecule has 0 radical (unpaired) electrons. The molecule has 6 nitrogen and oxygen atoms in total. The number of hydrazone groups is 1. The highest BCUT2D eigenvalue weighted by atomic mass is 16.2. The molecule has 27 heavy (non-hydrogen) atoms. The fraction of sp³-hybridized carbons (Fsp3) is 0.286. The van der Waals surface area contributed by atoms with Crippen LogP contribution in [0.25, 0.3) is 0 Å². The lowest BCUT2D eigenvalue weighted by atomic mass is 10.1. The third kappa shape index (κ3) is 4.94. The normalized spacial score (nSPS) is 16.7. The summed E-state index contributed by atoms with van der Waals surface area (Å²) in [6.45, 7) is 0.956. The Labute approximate surface area is 159 Å². The van der Waals surface area contributed by atoms with E-state index in [0.29, 0.717) is 13.1 Å². The first kappa shape index (κ1) is 18.6. The maximum atomic E-state index is 12.3. The summed E-state index contributed by atoms with van der Waals surface area (Å²) in [7, 11) is 3.96. The van der Waals surface area contributed by atoms with Crippen LogP contribution in [-0.2, 0) is 16.1 Å². The Kier molecular flexibility index (Phi) is 5.86. The van der Waals surface area contributed by atoms with Crippen molar-refractivity contribution in [3.8, 4) is 0 Å². The lowest BCUT2D eigenvalue weighted by Gasteiger charge is -2.16. The van der Waals surface area contributed by atoms with Crippen molar-refractivity contribution in [2.75, 3.05) is 25.5 Å². The van der Waals surface area contributed by atoms with E-state index in [0.717, 1.165) is 16.8 Å². The molecule has 0 bridgehead atoms. The van der Waals surface area contributed by atoms with Crippen molar-refractivity contribution in [2.45, 2.75) is 13.0 Å². The van der Waals surface area contributed by atoms with E-state index in [4.69, 9.17) is 0 Å². The zero-order chi connectivity index (χ0) is 19.2. The summed E-state index contributed by atoms with van der Waals surface area (Å²) in [5.74, 6) is -0.586. The standard InChI is InChI=1S/C21H24N4O2/c1-24(2)19-10-8-16(9-11-19)13-22-23-21(27)18-12-20(26)25(15-18)14-17-6-4-3-5-7-17/h3-11,13,18H,12,14-15H2,1-2H3,(H,23,27)/b22-13+. The summed E-state index contributed by atoms with van der Waals surface area (Å²) in [6, 6.07) is 17.6. The van der Waals surface area contributed by atoms with E-state index >= 15 is 0 Å². The molecule has 3 rings (SSSR count). The number of amides is 2. The molecule has 6 heteroatoms. The molecule has 1 fully saturated rings. The third-order valence-corrected chi connectivity index (χ3v) is 4.60. The van der Waals surface area contributed by atoms with Gasteiger partial charge in [-0.05, 0) is 23.3 Å². The van der Waals surface area contributed by atoms with Gasteiger partial charge in [0.1, 0.15) is 0 Å². The van der Waals surface area contributed by atoms with Crippen LogP contribution in [0.1, 0.15) is 17.5 Å². The summed E-state index contributed by atoms with van der Waals surface area (Å²) in [5.41, 5.74) is 5.61. The molecular weight excluding hydrogens is 340 g/mol. The van der Waals surface area contributed by atoms with Crippen molar-refractivity contribution < 1.29 is 9.59 Å². The molecule has 1 unspecified atom stereocenters. The number of hydrogen-bond acceptors (Lipinski definition) is 4. The maximum Gasteiger partial charge on any atom is 0.245 e. The number of carbonyl (C=O) groups is 2. The third-order valence-electron chi connectivity index (χ3n) is 4.60. The van der Waals surface area contributed by atoms with Crippen molar-refractivity contribution >= 4 is 23.7 Å². The van der Waals surface area contributed by atoms with Gasteiger partial charge in [0.15, 0.2) is 0 Å². The molecule has 2 aromatic rings. The van der Waals surface area contributed by atoms with Crippen molar-refractivity contribution in [3.05, 3.63) is 65.7 Å². The van der Waals surface area contributed by atoms with Crippen LogP contribution in [0.15, 0.2) is 59.7 Å². The average molecular weight is 364 g/mol. The van der Waals surface area contributed by atoms with Gasteiger partial charge in [0.05, 0.1) is 12.1 Å². The number of benzene rings is 2. The van der Waals surface area contributed by atoms with Gasteiger partial charge in [-0.1, -0.05) is 42.5 Å². The van der Waals surface area contributed by atoms with Crippen LogP contribution in [-0.4, -0.2) is 43.6 Å². The summed E-state index contributed by atoms with van der Waals surface area (Å²) in [5, 5.41) is 4.03. The van der Waals surface area contributed by atoms with Gasteiger partial charge in [0.25, 0.3) is 0 Å². The van der Waals surface area contributed by atoms with E-state index in [1.54, 1.807) is 11.1 Å². The zero-order valence-electron chi connectivity index (χ0n) is 15.6. The lowest BCUT2D eigenvalue weighted by molar-refractivity contribution is -0.129.